The van der Waals surface area contributed by atoms with Gasteiger partial charge in [0.05, 0.1) is 28.1 Å². The Morgan fingerprint density at radius 1 is 1.50 bits per heavy atom. The number of hydrogen-bond donors (Lipinski definition) is 2. The van der Waals surface area contributed by atoms with Crippen LogP contribution < -0.4 is 15.9 Å². The number of nitrogens with zero attached hydrogens (tertiary/aromatic N) is 3. The highest BCUT2D eigenvalue weighted by atomic mass is 19.1. The molecule has 0 unspecified atom stereocenters. The third-order valence-corrected chi connectivity index (χ3v) is 4.72. The van der Waals surface area contributed by atoms with Crippen molar-refractivity contribution in [1.29, 1.82) is 5.26 Å². The Morgan fingerprint density at radius 2 is 2.25 bits per heavy atom. The first-order valence-electron chi connectivity index (χ1n) is 8.27. The van der Waals surface area contributed by atoms with Gasteiger partial charge in [-0.15, -0.1) is 0 Å². The molecule has 0 saturated heterocycles. The molecule has 1 atom stereocenters. The zero-order valence-corrected chi connectivity index (χ0v) is 14.6. The van der Waals surface area contributed by atoms with E-state index in [1.165, 1.54) is 18.5 Å². The number of carboxylic acid groups (broad SMARTS) is 1. The van der Waals surface area contributed by atoms with Crippen LogP contribution >= 0.6 is 0 Å². The standard InChI is InChI=1S/C19H13FN4O4/c1-8-7-28-17-14(10-2-9(4-21)18(22)23-5-10)13(20)3-11-15(17)24(8)6-12(16(11)25)19(26)27/h2-3,5-6,8H,7H2,1H3,(H2,22,23)(H,26,27)/t8-/m0/s1. The summed E-state index contributed by atoms with van der Waals surface area (Å²) in [6.07, 6.45) is 2.56. The van der Waals surface area contributed by atoms with E-state index < -0.39 is 22.8 Å². The molecule has 0 fully saturated rings. The van der Waals surface area contributed by atoms with Gasteiger partial charge >= 0.3 is 5.97 Å². The van der Waals surface area contributed by atoms with Crippen LogP contribution in [0.15, 0.2) is 29.3 Å². The molecule has 0 saturated carbocycles. The number of halogens is 1. The monoisotopic (exact) mass is 380 g/mol. The predicted octanol–water partition coefficient (Wildman–Crippen LogP) is 2.31. The maximum Gasteiger partial charge on any atom is 0.341 e. The van der Waals surface area contributed by atoms with Crippen molar-refractivity contribution in [3.8, 4) is 22.9 Å². The highest BCUT2D eigenvalue weighted by Crippen LogP contribution is 2.42. The second-order valence-corrected chi connectivity index (χ2v) is 6.47. The van der Waals surface area contributed by atoms with Crippen molar-refractivity contribution < 1.29 is 19.0 Å². The molecule has 1 aliphatic rings. The van der Waals surface area contributed by atoms with Crippen molar-refractivity contribution in [3.63, 3.8) is 0 Å². The number of anilines is 1. The highest BCUT2D eigenvalue weighted by Gasteiger charge is 2.28. The lowest BCUT2D eigenvalue weighted by Gasteiger charge is -2.28. The molecule has 2 aromatic heterocycles. The first-order valence-corrected chi connectivity index (χ1v) is 8.27. The summed E-state index contributed by atoms with van der Waals surface area (Å²) >= 11 is 0. The second-order valence-electron chi connectivity index (χ2n) is 6.47. The third-order valence-electron chi connectivity index (χ3n) is 4.72. The smallest absolute Gasteiger partial charge is 0.341 e. The van der Waals surface area contributed by atoms with Gasteiger partial charge in [-0.3, -0.25) is 4.79 Å². The summed E-state index contributed by atoms with van der Waals surface area (Å²) in [7, 11) is 0. The lowest BCUT2D eigenvalue weighted by atomic mass is 9.99. The van der Waals surface area contributed by atoms with E-state index in [0.29, 0.717) is 5.52 Å². The summed E-state index contributed by atoms with van der Waals surface area (Å²) in [4.78, 5) is 27.9. The van der Waals surface area contributed by atoms with E-state index in [0.717, 1.165) is 6.07 Å². The Bertz CT molecular complexity index is 1280. The van der Waals surface area contributed by atoms with E-state index in [9.17, 15) is 20.0 Å². The van der Waals surface area contributed by atoms with E-state index in [1.54, 1.807) is 11.5 Å². The van der Waals surface area contributed by atoms with Crippen molar-refractivity contribution in [2.75, 3.05) is 12.3 Å². The summed E-state index contributed by atoms with van der Waals surface area (Å²) < 4.78 is 22.4. The second kappa shape index (κ2) is 6.06. The number of nitrogens with two attached hydrogens (primary N) is 1. The summed E-state index contributed by atoms with van der Waals surface area (Å²) in [5.74, 6) is -2.07. The minimum atomic E-state index is -1.39. The molecule has 3 heterocycles. The number of aromatic carboxylic acids is 1. The topological polar surface area (TPSA) is 131 Å². The summed E-state index contributed by atoms with van der Waals surface area (Å²) in [5.41, 5.74) is 5.05. The van der Waals surface area contributed by atoms with Crippen LogP contribution in [-0.2, 0) is 0 Å². The van der Waals surface area contributed by atoms with Crippen LogP contribution in [0.1, 0.15) is 28.9 Å². The van der Waals surface area contributed by atoms with Crippen LogP contribution in [0.4, 0.5) is 10.2 Å². The van der Waals surface area contributed by atoms with Crippen LogP contribution in [0.25, 0.3) is 22.0 Å². The van der Waals surface area contributed by atoms with Crippen LogP contribution in [0.5, 0.6) is 5.75 Å². The Balaban J connectivity index is 2.14. The molecular formula is C19H13FN4O4. The zero-order valence-electron chi connectivity index (χ0n) is 14.6. The minimum Gasteiger partial charge on any atom is -0.488 e. The molecule has 140 valence electrons. The summed E-state index contributed by atoms with van der Waals surface area (Å²) in [6, 6.07) is 3.99. The number of ether oxygens (including phenoxy) is 1. The average molecular weight is 380 g/mol. The number of carbonyl (C=O) groups is 1. The summed E-state index contributed by atoms with van der Waals surface area (Å²) in [6.45, 7) is 1.94. The normalized spacial score (nSPS) is 15.1. The number of pyridine rings is 2. The molecule has 1 aliphatic heterocycles. The molecule has 4 rings (SSSR count). The molecule has 0 bridgehead atoms. The van der Waals surface area contributed by atoms with Crippen molar-refractivity contribution in [1.82, 2.24) is 9.55 Å². The number of nitrogen functional groups attached to an aromatic ring is 1. The molecule has 3 aromatic rings. The van der Waals surface area contributed by atoms with Crippen LogP contribution in [0, 0.1) is 17.1 Å². The average Bonchev–Trinajstić information content (AvgIpc) is 2.66. The molecular weight excluding hydrogens is 367 g/mol. The van der Waals surface area contributed by atoms with Crippen molar-refractivity contribution in [2.45, 2.75) is 13.0 Å². The number of hydrogen-bond acceptors (Lipinski definition) is 6. The first-order chi connectivity index (χ1) is 13.3. The van der Waals surface area contributed by atoms with Crippen LogP contribution in [-0.4, -0.2) is 27.2 Å². The SMILES string of the molecule is C[C@H]1COc2c(-c3cnc(N)c(C#N)c3)c(F)cc3c(=O)c(C(=O)O)cn1c23. The van der Waals surface area contributed by atoms with E-state index in [2.05, 4.69) is 4.98 Å². The maximum atomic E-state index is 15.0. The van der Waals surface area contributed by atoms with Gasteiger partial charge in [-0.2, -0.15) is 5.26 Å². The Kier molecular flexibility index (Phi) is 3.78. The van der Waals surface area contributed by atoms with Gasteiger partial charge in [0.2, 0.25) is 5.43 Å². The fraction of sp³-hybridized carbons (Fsp3) is 0.158. The van der Waals surface area contributed by atoms with E-state index >= 15 is 4.39 Å². The van der Waals surface area contributed by atoms with E-state index in [4.69, 9.17) is 10.5 Å². The van der Waals surface area contributed by atoms with Gasteiger partial charge in [-0.05, 0) is 19.1 Å². The van der Waals surface area contributed by atoms with Crippen molar-refractivity contribution in [2.24, 2.45) is 0 Å². The van der Waals surface area contributed by atoms with Gasteiger partial charge in [0.15, 0.2) is 5.75 Å². The molecule has 9 heteroatoms. The molecule has 8 nitrogen and oxygen atoms in total. The molecule has 0 aliphatic carbocycles. The minimum absolute atomic E-state index is 0.0126. The predicted molar refractivity (Wildman–Crippen MR) is 97.7 cm³/mol. The van der Waals surface area contributed by atoms with Gasteiger partial charge in [0, 0.05) is 18.0 Å². The Morgan fingerprint density at radius 3 is 2.93 bits per heavy atom. The number of benzene rings is 1. The van der Waals surface area contributed by atoms with E-state index in [-0.39, 0.29) is 46.3 Å². The largest absolute Gasteiger partial charge is 0.488 e. The Hall–Kier alpha value is -3.93. The van der Waals surface area contributed by atoms with E-state index in [1.807, 2.05) is 6.07 Å². The maximum absolute atomic E-state index is 15.0. The molecule has 0 amide bonds. The Labute approximate surface area is 157 Å². The van der Waals surface area contributed by atoms with Crippen molar-refractivity contribution >= 4 is 22.7 Å². The fourth-order valence-electron chi connectivity index (χ4n) is 3.35. The molecule has 0 spiro atoms. The molecule has 28 heavy (non-hydrogen) atoms. The van der Waals surface area contributed by atoms with Gasteiger partial charge in [-0.25, -0.2) is 14.2 Å². The number of rotatable bonds is 2. The highest BCUT2D eigenvalue weighted by molar-refractivity contribution is 5.98. The van der Waals surface area contributed by atoms with Gasteiger partial charge in [0.1, 0.15) is 29.9 Å². The summed E-state index contributed by atoms with van der Waals surface area (Å²) in [5, 5.41) is 18.4. The quantitative estimate of drug-likeness (QED) is 0.697. The number of nitriles is 1. The third kappa shape index (κ3) is 2.39. The number of carboxylic acids is 1. The van der Waals surface area contributed by atoms with Gasteiger partial charge in [-0.1, -0.05) is 0 Å². The lowest BCUT2D eigenvalue weighted by Crippen LogP contribution is -2.27. The van der Waals surface area contributed by atoms with Gasteiger partial charge < -0.3 is 20.1 Å². The molecule has 3 N–H and O–H groups in total. The van der Waals surface area contributed by atoms with Crippen molar-refractivity contribution in [3.05, 3.63) is 51.7 Å². The zero-order chi connectivity index (χ0) is 20.2. The van der Waals surface area contributed by atoms with Gasteiger partial charge in [0.25, 0.3) is 0 Å². The molecule has 1 aromatic carbocycles. The molecule has 0 radical (unpaired) electrons. The first kappa shape index (κ1) is 17.5. The fourth-order valence-corrected chi connectivity index (χ4v) is 3.35. The van der Waals surface area contributed by atoms with Crippen LogP contribution in [0.3, 0.4) is 0 Å². The number of aromatic nitrogens is 2. The van der Waals surface area contributed by atoms with Crippen LogP contribution in [0.2, 0.25) is 0 Å². The lowest BCUT2D eigenvalue weighted by molar-refractivity contribution is 0.0694.